The smallest absolute Gasteiger partial charge is 0.248 e. The molecule has 1 heterocycles. The Morgan fingerprint density at radius 1 is 1.44 bits per heavy atom. The number of carbonyl (C=O) groups excluding carboxylic acids is 1. The maximum absolute atomic E-state index is 10.9. The molecule has 2 rings (SSSR count). The molecular weight excluding hydrogens is 228 g/mol. The zero-order valence-electron chi connectivity index (χ0n) is 10.7. The molecule has 0 aliphatic carbocycles. The van der Waals surface area contributed by atoms with E-state index in [0.717, 1.165) is 26.0 Å². The van der Waals surface area contributed by atoms with Crippen LogP contribution in [0.5, 0.6) is 0 Å². The van der Waals surface area contributed by atoms with Gasteiger partial charge < -0.3 is 15.8 Å². The van der Waals surface area contributed by atoms with Crippen molar-refractivity contribution in [1.82, 2.24) is 5.32 Å². The number of nitrogens with one attached hydrogen (secondary N) is 1. The number of rotatable bonds is 4. The van der Waals surface area contributed by atoms with Crippen molar-refractivity contribution in [3.63, 3.8) is 0 Å². The molecule has 1 aromatic rings. The van der Waals surface area contributed by atoms with Gasteiger partial charge in [0.25, 0.3) is 0 Å². The van der Waals surface area contributed by atoms with Gasteiger partial charge in [0.05, 0.1) is 6.10 Å². The van der Waals surface area contributed by atoms with Gasteiger partial charge in [-0.3, -0.25) is 4.79 Å². The van der Waals surface area contributed by atoms with Crippen molar-refractivity contribution in [3.05, 3.63) is 35.4 Å². The minimum absolute atomic E-state index is 0.341. The van der Waals surface area contributed by atoms with E-state index >= 15 is 0 Å². The van der Waals surface area contributed by atoms with Crippen LogP contribution in [-0.4, -0.2) is 24.7 Å². The van der Waals surface area contributed by atoms with E-state index in [2.05, 4.69) is 12.2 Å². The van der Waals surface area contributed by atoms with Gasteiger partial charge in [0.1, 0.15) is 0 Å². The molecule has 1 aliphatic heterocycles. The molecule has 0 aromatic heterocycles. The minimum atomic E-state index is -0.382. The van der Waals surface area contributed by atoms with E-state index in [4.69, 9.17) is 10.5 Å². The Balaban J connectivity index is 1.84. The number of hydrogen-bond acceptors (Lipinski definition) is 3. The van der Waals surface area contributed by atoms with E-state index in [9.17, 15) is 4.79 Å². The predicted molar refractivity (Wildman–Crippen MR) is 70.2 cm³/mol. The molecule has 0 saturated carbocycles. The Kier molecular flexibility index (Phi) is 4.33. The first-order valence-corrected chi connectivity index (χ1v) is 6.39. The number of carbonyl (C=O) groups is 1. The lowest BCUT2D eigenvalue weighted by Crippen LogP contribution is -2.37. The molecule has 2 atom stereocenters. The van der Waals surface area contributed by atoms with Gasteiger partial charge in [-0.2, -0.15) is 0 Å². The molecule has 1 aliphatic rings. The lowest BCUT2D eigenvalue weighted by atomic mass is 10.0. The van der Waals surface area contributed by atoms with Gasteiger partial charge in [0.2, 0.25) is 5.91 Å². The van der Waals surface area contributed by atoms with E-state index in [0.29, 0.717) is 17.7 Å². The summed E-state index contributed by atoms with van der Waals surface area (Å²) in [4.78, 5) is 10.9. The van der Waals surface area contributed by atoms with E-state index in [1.54, 1.807) is 12.1 Å². The number of nitrogens with two attached hydrogens (primary N) is 1. The number of hydrogen-bond donors (Lipinski definition) is 2. The van der Waals surface area contributed by atoms with Crippen LogP contribution in [0, 0.1) is 0 Å². The SMILES string of the molecule is CC1CC(NCc2ccc(C(N)=O)cc2)CCO1. The quantitative estimate of drug-likeness (QED) is 0.847. The highest BCUT2D eigenvalue weighted by Crippen LogP contribution is 2.14. The van der Waals surface area contributed by atoms with Crippen molar-refractivity contribution in [2.75, 3.05) is 6.61 Å². The van der Waals surface area contributed by atoms with Gasteiger partial charge in [-0.1, -0.05) is 12.1 Å². The molecule has 1 aromatic carbocycles. The van der Waals surface area contributed by atoms with Crippen LogP contribution in [0.4, 0.5) is 0 Å². The summed E-state index contributed by atoms with van der Waals surface area (Å²) in [6.07, 6.45) is 2.46. The normalized spacial score (nSPS) is 23.8. The second-order valence-corrected chi connectivity index (χ2v) is 4.84. The molecule has 2 unspecified atom stereocenters. The summed E-state index contributed by atoms with van der Waals surface area (Å²) in [7, 11) is 0. The third-order valence-corrected chi connectivity index (χ3v) is 3.32. The first-order valence-electron chi connectivity index (χ1n) is 6.39. The van der Waals surface area contributed by atoms with Crippen molar-refractivity contribution in [1.29, 1.82) is 0 Å². The molecule has 0 bridgehead atoms. The summed E-state index contributed by atoms with van der Waals surface area (Å²) >= 11 is 0. The Morgan fingerprint density at radius 2 is 2.17 bits per heavy atom. The van der Waals surface area contributed by atoms with Gasteiger partial charge in [0.15, 0.2) is 0 Å². The van der Waals surface area contributed by atoms with Gasteiger partial charge in [-0.15, -0.1) is 0 Å². The number of ether oxygens (including phenoxy) is 1. The minimum Gasteiger partial charge on any atom is -0.378 e. The Bertz CT molecular complexity index is 403. The lowest BCUT2D eigenvalue weighted by molar-refractivity contribution is 0.0130. The maximum atomic E-state index is 10.9. The van der Waals surface area contributed by atoms with E-state index in [1.165, 1.54) is 5.56 Å². The molecule has 1 amide bonds. The number of benzene rings is 1. The molecule has 3 N–H and O–H groups in total. The summed E-state index contributed by atoms with van der Waals surface area (Å²) in [6, 6.07) is 7.94. The number of amides is 1. The summed E-state index contributed by atoms with van der Waals surface area (Å²) in [6.45, 7) is 3.76. The van der Waals surface area contributed by atoms with Crippen LogP contribution in [0.25, 0.3) is 0 Å². The Hall–Kier alpha value is -1.39. The van der Waals surface area contributed by atoms with Gasteiger partial charge in [0, 0.05) is 24.8 Å². The lowest BCUT2D eigenvalue weighted by Gasteiger charge is -2.28. The Labute approximate surface area is 108 Å². The van der Waals surface area contributed by atoms with Gasteiger partial charge >= 0.3 is 0 Å². The molecule has 4 heteroatoms. The van der Waals surface area contributed by atoms with Crippen molar-refractivity contribution < 1.29 is 9.53 Å². The molecule has 18 heavy (non-hydrogen) atoms. The second-order valence-electron chi connectivity index (χ2n) is 4.84. The van der Waals surface area contributed by atoms with E-state index in [1.807, 2.05) is 12.1 Å². The molecular formula is C14H20N2O2. The van der Waals surface area contributed by atoms with Crippen LogP contribution in [0.2, 0.25) is 0 Å². The zero-order valence-corrected chi connectivity index (χ0v) is 10.7. The van der Waals surface area contributed by atoms with Crippen molar-refractivity contribution >= 4 is 5.91 Å². The molecule has 4 nitrogen and oxygen atoms in total. The molecule has 1 fully saturated rings. The van der Waals surface area contributed by atoms with Crippen LogP contribution in [0.1, 0.15) is 35.7 Å². The summed E-state index contributed by atoms with van der Waals surface area (Å²) in [5, 5.41) is 3.52. The van der Waals surface area contributed by atoms with Crippen molar-refractivity contribution in [2.45, 2.75) is 38.5 Å². The second kappa shape index (κ2) is 5.98. The van der Waals surface area contributed by atoms with Gasteiger partial charge in [-0.25, -0.2) is 0 Å². The highest BCUT2D eigenvalue weighted by atomic mass is 16.5. The van der Waals surface area contributed by atoms with Crippen molar-refractivity contribution in [3.8, 4) is 0 Å². The topological polar surface area (TPSA) is 64.3 Å². The monoisotopic (exact) mass is 248 g/mol. The molecule has 1 saturated heterocycles. The largest absolute Gasteiger partial charge is 0.378 e. The summed E-state index contributed by atoms with van der Waals surface area (Å²) < 4.78 is 5.51. The van der Waals surface area contributed by atoms with Crippen molar-refractivity contribution in [2.24, 2.45) is 5.73 Å². The highest BCUT2D eigenvalue weighted by Gasteiger charge is 2.18. The van der Waals surface area contributed by atoms with Gasteiger partial charge in [-0.05, 0) is 37.5 Å². The average Bonchev–Trinajstić information content (AvgIpc) is 2.37. The summed E-state index contributed by atoms with van der Waals surface area (Å²) in [5.41, 5.74) is 6.92. The standard InChI is InChI=1S/C14H20N2O2/c1-10-8-13(6-7-18-10)16-9-11-2-4-12(5-3-11)14(15)17/h2-5,10,13,16H,6-9H2,1H3,(H2,15,17). The number of primary amides is 1. The van der Waals surface area contributed by atoms with E-state index in [-0.39, 0.29) is 5.91 Å². The molecule has 98 valence electrons. The first kappa shape index (κ1) is 13.1. The van der Waals surface area contributed by atoms with Crippen LogP contribution < -0.4 is 11.1 Å². The zero-order chi connectivity index (χ0) is 13.0. The third kappa shape index (κ3) is 3.55. The predicted octanol–water partition coefficient (Wildman–Crippen LogP) is 1.44. The van der Waals surface area contributed by atoms with Crippen LogP contribution in [0.15, 0.2) is 24.3 Å². The fourth-order valence-electron chi connectivity index (χ4n) is 2.23. The van der Waals surface area contributed by atoms with E-state index < -0.39 is 0 Å². The van der Waals surface area contributed by atoms with Crippen LogP contribution in [0.3, 0.4) is 0 Å². The fraction of sp³-hybridized carbons (Fsp3) is 0.500. The fourth-order valence-corrected chi connectivity index (χ4v) is 2.23. The van der Waals surface area contributed by atoms with Crippen LogP contribution in [-0.2, 0) is 11.3 Å². The first-order chi connectivity index (χ1) is 8.65. The van der Waals surface area contributed by atoms with Crippen LogP contribution >= 0.6 is 0 Å². The average molecular weight is 248 g/mol. The maximum Gasteiger partial charge on any atom is 0.248 e. The third-order valence-electron chi connectivity index (χ3n) is 3.32. The summed E-state index contributed by atoms with van der Waals surface area (Å²) in [5.74, 6) is -0.382. The Morgan fingerprint density at radius 3 is 2.78 bits per heavy atom. The molecule has 0 spiro atoms. The highest BCUT2D eigenvalue weighted by molar-refractivity contribution is 5.92. The molecule has 0 radical (unpaired) electrons.